The number of thiol groups is 1. The van der Waals surface area contributed by atoms with Crippen LogP contribution in [0.15, 0.2) is 6.07 Å². The van der Waals surface area contributed by atoms with Crippen molar-refractivity contribution in [2.75, 3.05) is 11.1 Å². The number of rotatable bonds is 2. The SMILES string of the molecule is Cc1cc(Cl)nc(NC(=O)CS)n1. The number of nitrogens with zero attached hydrogens (tertiary/aromatic N) is 2. The van der Waals surface area contributed by atoms with Crippen LogP contribution in [0.2, 0.25) is 5.15 Å². The van der Waals surface area contributed by atoms with Gasteiger partial charge in [-0.1, -0.05) is 11.6 Å². The predicted octanol–water partition coefficient (Wildman–Crippen LogP) is 1.31. The fourth-order valence-electron chi connectivity index (χ4n) is 0.750. The van der Waals surface area contributed by atoms with E-state index >= 15 is 0 Å². The standard InChI is InChI=1S/C7H8ClN3OS/c1-4-2-5(8)10-7(9-4)11-6(12)3-13/h2,13H,3H2,1H3,(H,9,10,11,12). The molecule has 0 unspecified atom stereocenters. The van der Waals surface area contributed by atoms with Gasteiger partial charge in [0.2, 0.25) is 11.9 Å². The molecule has 1 aromatic rings. The van der Waals surface area contributed by atoms with Gasteiger partial charge in [0, 0.05) is 5.69 Å². The van der Waals surface area contributed by atoms with Crippen LogP contribution < -0.4 is 5.32 Å². The molecule has 0 spiro atoms. The molecule has 1 heterocycles. The van der Waals surface area contributed by atoms with Crippen LogP contribution in [0.5, 0.6) is 0 Å². The fourth-order valence-corrected chi connectivity index (χ4v) is 1.07. The second-order valence-electron chi connectivity index (χ2n) is 2.36. The van der Waals surface area contributed by atoms with Crippen molar-refractivity contribution in [2.24, 2.45) is 0 Å². The van der Waals surface area contributed by atoms with E-state index in [0.717, 1.165) is 0 Å². The highest BCUT2D eigenvalue weighted by atomic mass is 35.5. The number of hydrogen-bond donors (Lipinski definition) is 2. The first-order chi connectivity index (χ1) is 6.11. The Morgan fingerprint density at radius 2 is 2.38 bits per heavy atom. The lowest BCUT2D eigenvalue weighted by Crippen LogP contribution is -2.15. The quantitative estimate of drug-likeness (QED) is 0.580. The first-order valence-corrected chi connectivity index (χ1v) is 4.55. The van der Waals surface area contributed by atoms with Crippen molar-refractivity contribution >= 4 is 36.1 Å². The molecular weight excluding hydrogens is 210 g/mol. The zero-order chi connectivity index (χ0) is 9.84. The number of anilines is 1. The topological polar surface area (TPSA) is 54.9 Å². The average molecular weight is 218 g/mol. The highest BCUT2D eigenvalue weighted by Gasteiger charge is 2.03. The van der Waals surface area contributed by atoms with Crippen LogP contribution in [0.3, 0.4) is 0 Å². The van der Waals surface area contributed by atoms with Crippen LogP contribution in [0.4, 0.5) is 5.95 Å². The van der Waals surface area contributed by atoms with Gasteiger partial charge in [0.05, 0.1) is 5.75 Å². The number of aromatic nitrogens is 2. The molecule has 1 rings (SSSR count). The molecular formula is C7H8ClN3OS. The normalized spacial score (nSPS) is 9.77. The van der Waals surface area contributed by atoms with E-state index in [-0.39, 0.29) is 17.6 Å². The largest absolute Gasteiger partial charge is 0.294 e. The smallest absolute Gasteiger partial charge is 0.236 e. The summed E-state index contributed by atoms with van der Waals surface area (Å²) in [5.74, 6) is 0.0450. The van der Waals surface area contributed by atoms with E-state index in [4.69, 9.17) is 11.6 Å². The first-order valence-electron chi connectivity index (χ1n) is 3.53. The van der Waals surface area contributed by atoms with Gasteiger partial charge in [-0.25, -0.2) is 9.97 Å². The monoisotopic (exact) mass is 217 g/mol. The molecule has 0 aromatic carbocycles. The first kappa shape index (κ1) is 10.3. The number of nitrogens with one attached hydrogen (secondary N) is 1. The van der Waals surface area contributed by atoms with Crippen molar-refractivity contribution in [1.29, 1.82) is 0 Å². The average Bonchev–Trinajstić information content (AvgIpc) is 2.02. The number of carbonyl (C=O) groups excluding carboxylic acids is 1. The molecule has 70 valence electrons. The summed E-state index contributed by atoms with van der Waals surface area (Å²) in [4.78, 5) is 18.7. The maximum atomic E-state index is 10.9. The van der Waals surface area contributed by atoms with Crippen molar-refractivity contribution in [3.05, 3.63) is 16.9 Å². The number of halogens is 1. The molecule has 0 aliphatic heterocycles. The number of hydrogen-bond acceptors (Lipinski definition) is 4. The number of aryl methyl sites for hydroxylation is 1. The summed E-state index contributed by atoms with van der Waals surface area (Å²) in [6, 6.07) is 1.61. The summed E-state index contributed by atoms with van der Waals surface area (Å²) >= 11 is 9.45. The van der Waals surface area contributed by atoms with E-state index < -0.39 is 0 Å². The Balaban J connectivity index is 2.83. The van der Waals surface area contributed by atoms with Gasteiger partial charge in [0.1, 0.15) is 5.15 Å². The zero-order valence-electron chi connectivity index (χ0n) is 6.91. The molecule has 0 fully saturated rings. The summed E-state index contributed by atoms with van der Waals surface area (Å²) < 4.78 is 0. The summed E-state index contributed by atoms with van der Waals surface area (Å²) in [5.41, 5.74) is 0.703. The van der Waals surface area contributed by atoms with E-state index in [2.05, 4.69) is 27.9 Å². The second kappa shape index (κ2) is 4.43. The highest BCUT2D eigenvalue weighted by molar-refractivity contribution is 7.81. The van der Waals surface area contributed by atoms with E-state index in [0.29, 0.717) is 10.8 Å². The Hall–Kier alpha value is -0.810. The summed E-state index contributed by atoms with van der Waals surface area (Å²) in [6.45, 7) is 1.77. The van der Waals surface area contributed by atoms with Crippen LogP contribution in [0, 0.1) is 6.92 Å². The van der Waals surface area contributed by atoms with Gasteiger partial charge in [-0.05, 0) is 13.0 Å². The van der Waals surface area contributed by atoms with Gasteiger partial charge < -0.3 is 0 Å². The molecule has 4 nitrogen and oxygen atoms in total. The van der Waals surface area contributed by atoms with Crippen LogP contribution >= 0.6 is 24.2 Å². The minimum absolute atomic E-state index is 0.0922. The Labute approximate surface area is 86.1 Å². The predicted molar refractivity (Wildman–Crippen MR) is 54.3 cm³/mol. The maximum absolute atomic E-state index is 10.9. The minimum Gasteiger partial charge on any atom is -0.294 e. The van der Waals surface area contributed by atoms with Crippen molar-refractivity contribution in [2.45, 2.75) is 6.92 Å². The maximum Gasteiger partial charge on any atom is 0.236 e. The third-order valence-electron chi connectivity index (χ3n) is 1.22. The Morgan fingerprint density at radius 3 is 2.92 bits per heavy atom. The Kier molecular flexibility index (Phi) is 3.50. The Morgan fingerprint density at radius 1 is 1.69 bits per heavy atom. The molecule has 0 aliphatic carbocycles. The van der Waals surface area contributed by atoms with Crippen molar-refractivity contribution in [1.82, 2.24) is 9.97 Å². The van der Waals surface area contributed by atoms with Gasteiger partial charge >= 0.3 is 0 Å². The Bertz CT molecular complexity index is 311. The van der Waals surface area contributed by atoms with Crippen LogP contribution in [-0.4, -0.2) is 21.6 Å². The molecule has 13 heavy (non-hydrogen) atoms. The van der Waals surface area contributed by atoms with E-state index in [1.807, 2.05) is 0 Å². The lowest BCUT2D eigenvalue weighted by Gasteiger charge is -2.02. The van der Waals surface area contributed by atoms with E-state index in [9.17, 15) is 4.79 Å². The molecule has 1 N–H and O–H groups in total. The van der Waals surface area contributed by atoms with Crippen molar-refractivity contribution in [3.63, 3.8) is 0 Å². The third-order valence-corrected chi connectivity index (χ3v) is 1.70. The molecule has 0 saturated heterocycles. The van der Waals surface area contributed by atoms with Crippen LogP contribution in [0.25, 0.3) is 0 Å². The molecule has 1 amide bonds. The van der Waals surface area contributed by atoms with Gasteiger partial charge in [-0.2, -0.15) is 12.6 Å². The third kappa shape index (κ3) is 3.20. The molecule has 0 radical (unpaired) electrons. The molecule has 0 atom stereocenters. The van der Waals surface area contributed by atoms with E-state index in [1.54, 1.807) is 13.0 Å². The lowest BCUT2D eigenvalue weighted by molar-refractivity contribution is -0.113. The fraction of sp³-hybridized carbons (Fsp3) is 0.286. The van der Waals surface area contributed by atoms with E-state index in [1.165, 1.54) is 0 Å². The molecule has 1 aromatic heterocycles. The summed E-state index contributed by atoms with van der Waals surface area (Å²) in [7, 11) is 0. The molecule has 6 heteroatoms. The molecule has 0 aliphatic rings. The van der Waals surface area contributed by atoms with Crippen molar-refractivity contribution < 1.29 is 4.79 Å². The van der Waals surface area contributed by atoms with Crippen LogP contribution in [0.1, 0.15) is 5.69 Å². The lowest BCUT2D eigenvalue weighted by atomic mass is 10.5. The number of carbonyl (C=O) groups is 1. The summed E-state index contributed by atoms with van der Waals surface area (Å²) in [5, 5.41) is 2.76. The zero-order valence-corrected chi connectivity index (χ0v) is 8.56. The van der Waals surface area contributed by atoms with Gasteiger partial charge in [-0.15, -0.1) is 0 Å². The van der Waals surface area contributed by atoms with Gasteiger partial charge in [-0.3, -0.25) is 10.1 Å². The minimum atomic E-state index is -0.259. The molecule has 0 bridgehead atoms. The summed E-state index contributed by atoms with van der Waals surface area (Å²) in [6.07, 6.45) is 0. The number of amides is 1. The van der Waals surface area contributed by atoms with Crippen LogP contribution in [-0.2, 0) is 4.79 Å². The van der Waals surface area contributed by atoms with Gasteiger partial charge in [0.25, 0.3) is 0 Å². The highest BCUT2D eigenvalue weighted by Crippen LogP contribution is 2.09. The van der Waals surface area contributed by atoms with Crippen molar-refractivity contribution in [3.8, 4) is 0 Å². The second-order valence-corrected chi connectivity index (χ2v) is 3.07. The van der Waals surface area contributed by atoms with Gasteiger partial charge in [0.15, 0.2) is 0 Å². The molecule has 0 saturated carbocycles.